The smallest absolute Gasteiger partial charge is 0.256 e. The minimum Gasteiger partial charge on any atom is -0.365 e. The molecular weight excluding hydrogens is 438 g/mol. The van der Waals surface area contributed by atoms with Crippen molar-refractivity contribution in [3.63, 3.8) is 0 Å². The number of amides is 1. The van der Waals surface area contributed by atoms with Crippen LogP contribution in [0.1, 0.15) is 45.8 Å². The fourth-order valence-corrected chi connectivity index (χ4v) is 5.43. The molecule has 0 atom stereocenters. The van der Waals surface area contributed by atoms with E-state index in [9.17, 15) is 4.79 Å². The van der Waals surface area contributed by atoms with Crippen LogP contribution in [0.2, 0.25) is 5.02 Å². The number of halogens is 1. The first-order valence-corrected chi connectivity index (χ1v) is 11.6. The number of carbonyl (C=O) groups excluding carboxylic acids is 1. The standard InChI is InChI=1S/C26H24ClN3O3/c1-17-12-20(33-28-17)14-30-15-22(21-7-6-19(27)13-24(21)30)25(31)29-10-8-26(9-11-29)23-5-3-2-4-18(23)16-32-26/h2-7,12-13,15H,8-11,14,16H2,1H3. The predicted molar refractivity (Wildman–Crippen MR) is 125 cm³/mol. The summed E-state index contributed by atoms with van der Waals surface area (Å²) in [6, 6.07) is 16.0. The molecule has 0 radical (unpaired) electrons. The average molecular weight is 462 g/mol. The van der Waals surface area contributed by atoms with Gasteiger partial charge < -0.3 is 18.7 Å². The third-order valence-electron chi connectivity index (χ3n) is 6.95. The molecule has 168 valence electrons. The number of benzene rings is 2. The molecule has 0 N–H and O–H groups in total. The third kappa shape index (κ3) is 3.45. The Balaban J connectivity index is 1.28. The van der Waals surface area contributed by atoms with Gasteiger partial charge in [0.25, 0.3) is 5.91 Å². The Hall–Kier alpha value is -3.09. The Kier molecular flexibility index (Phi) is 4.82. The van der Waals surface area contributed by atoms with Crippen molar-refractivity contribution in [2.45, 2.75) is 38.5 Å². The van der Waals surface area contributed by atoms with Gasteiger partial charge in [-0.15, -0.1) is 0 Å². The maximum absolute atomic E-state index is 13.6. The van der Waals surface area contributed by atoms with Crippen molar-refractivity contribution in [2.24, 2.45) is 0 Å². The second-order valence-corrected chi connectivity index (χ2v) is 9.44. The maximum Gasteiger partial charge on any atom is 0.256 e. The van der Waals surface area contributed by atoms with Crippen molar-refractivity contribution in [3.8, 4) is 0 Å². The molecule has 7 heteroatoms. The number of aryl methyl sites for hydroxylation is 1. The Morgan fingerprint density at radius 1 is 1.15 bits per heavy atom. The minimum absolute atomic E-state index is 0.0379. The van der Waals surface area contributed by atoms with E-state index < -0.39 is 0 Å². The van der Waals surface area contributed by atoms with Gasteiger partial charge in [-0.25, -0.2) is 0 Å². The molecule has 33 heavy (non-hydrogen) atoms. The number of likely N-dealkylation sites (tertiary alicyclic amines) is 1. The van der Waals surface area contributed by atoms with Gasteiger partial charge in [0, 0.05) is 35.8 Å². The number of nitrogens with zero attached hydrogens (tertiary/aromatic N) is 3. The number of hydrogen-bond acceptors (Lipinski definition) is 4. The van der Waals surface area contributed by atoms with Gasteiger partial charge in [-0.1, -0.05) is 47.1 Å². The molecule has 4 heterocycles. The highest BCUT2D eigenvalue weighted by Crippen LogP contribution is 2.44. The molecule has 6 nitrogen and oxygen atoms in total. The van der Waals surface area contributed by atoms with Crippen LogP contribution in [-0.4, -0.2) is 33.6 Å². The molecule has 1 fully saturated rings. The Morgan fingerprint density at radius 2 is 1.97 bits per heavy atom. The van der Waals surface area contributed by atoms with Crippen LogP contribution in [-0.2, 0) is 23.5 Å². The molecule has 0 bridgehead atoms. The third-order valence-corrected chi connectivity index (χ3v) is 7.18. The van der Waals surface area contributed by atoms with Crippen molar-refractivity contribution in [1.82, 2.24) is 14.6 Å². The van der Waals surface area contributed by atoms with E-state index in [1.807, 2.05) is 46.9 Å². The molecular formula is C26H24ClN3O3. The summed E-state index contributed by atoms with van der Waals surface area (Å²) in [6.45, 7) is 4.35. The second-order valence-electron chi connectivity index (χ2n) is 9.00. The van der Waals surface area contributed by atoms with Crippen LogP contribution >= 0.6 is 11.6 Å². The average Bonchev–Trinajstić information content (AvgIpc) is 3.51. The van der Waals surface area contributed by atoms with Crippen LogP contribution in [0.25, 0.3) is 10.9 Å². The molecule has 2 aromatic heterocycles. The number of ether oxygens (including phenoxy) is 1. The summed E-state index contributed by atoms with van der Waals surface area (Å²) in [7, 11) is 0. The first-order chi connectivity index (χ1) is 16.0. The molecule has 1 saturated heterocycles. The lowest BCUT2D eigenvalue weighted by atomic mass is 9.83. The molecule has 4 aromatic rings. The lowest BCUT2D eigenvalue weighted by Crippen LogP contribution is -2.45. The van der Waals surface area contributed by atoms with Crippen molar-refractivity contribution in [3.05, 3.63) is 87.9 Å². The molecule has 2 aliphatic rings. The topological polar surface area (TPSA) is 60.5 Å². The van der Waals surface area contributed by atoms with Crippen LogP contribution < -0.4 is 0 Å². The fraction of sp³-hybridized carbons (Fsp3) is 0.308. The Bertz CT molecular complexity index is 1360. The Labute approximate surface area is 196 Å². The normalized spacial score (nSPS) is 17.1. The Morgan fingerprint density at radius 3 is 2.76 bits per heavy atom. The van der Waals surface area contributed by atoms with Crippen LogP contribution in [0.15, 0.2) is 59.3 Å². The minimum atomic E-state index is -0.265. The van der Waals surface area contributed by atoms with Crippen molar-refractivity contribution < 1.29 is 14.1 Å². The number of aromatic nitrogens is 2. The number of carbonyl (C=O) groups is 1. The molecule has 1 amide bonds. The lowest BCUT2D eigenvalue weighted by Gasteiger charge is -2.39. The van der Waals surface area contributed by atoms with Gasteiger partial charge in [-0.3, -0.25) is 4.79 Å². The van der Waals surface area contributed by atoms with E-state index in [1.165, 1.54) is 11.1 Å². The molecule has 2 aromatic carbocycles. The van der Waals surface area contributed by atoms with E-state index in [0.29, 0.717) is 36.8 Å². The van der Waals surface area contributed by atoms with Crippen LogP contribution in [0.3, 0.4) is 0 Å². The fourth-order valence-electron chi connectivity index (χ4n) is 5.26. The number of piperidine rings is 1. The van der Waals surface area contributed by atoms with Gasteiger partial charge in [0.15, 0.2) is 5.76 Å². The summed E-state index contributed by atoms with van der Waals surface area (Å²) in [5.41, 5.74) is 4.70. The lowest BCUT2D eigenvalue weighted by molar-refractivity contribution is -0.0741. The van der Waals surface area contributed by atoms with E-state index in [-0.39, 0.29) is 11.5 Å². The van der Waals surface area contributed by atoms with E-state index in [1.54, 1.807) is 0 Å². The van der Waals surface area contributed by atoms with Gasteiger partial charge in [0.2, 0.25) is 0 Å². The van der Waals surface area contributed by atoms with Gasteiger partial charge >= 0.3 is 0 Å². The van der Waals surface area contributed by atoms with Gasteiger partial charge in [-0.05, 0) is 43.0 Å². The van der Waals surface area contributed by atoms with Crippen molar-refractivity contribution in [1.29, 1.82) is 0 Å². The number of hydrogen-bond donors (Lipinski definition) is 0. The van der Waals surface area contributed by atoms with Crippen molar-refractivity contribution in [2.75, 3.05) is 13.1 Å². The van der Waals surface area contributed by atoms with Crippen LogP contribution in [0, 0.1) is 6.92 Å². The highest BCUT2D eigenvalue weighted by Gasteiger charge is 2.43. The van der Waals surface area contributed by atoms with Gasteiger partial charge in [0.05, 0.1) is 35.5 Å². The largest absolute Gasteiger partial charge is 0.365 e. The zero-order chi connectivity index (χ0) is 22.6. The summed E-state index contributed by atoms with van der Waals surface area (Å²) >= 11 is 6.29. The molecule has 0 saturated carbocycles. The van der Waals surface area contributed by atoms with Crippen molar-refractivity contribution >= 4 is 28.4 Å². The van der Waals surface area contributed by atoms with E-state index >= 15 is 0 Å². The van der Waals surface area contributed by atoms with Gasteiger partial charge in [0.1, 0.15) is 0 Å². The summed E-state index contributed by atoms with van der Waals surface area (Å²) < 4.78 is 13.7. The monoisotopic (exact) mass is 461 g/mol. The second kappa shape index (κ2) is 7.75. The van der Waals surface area contributed by atoms with Crippen LogP contribution in [0.5, 0.6) is 0 Å². The SMILES string of the molecule is Cc1cc(Cn2cc(C(=O)N3CCC4(CC3)OCc3ccccc34)c3ccc(Cl)cc32)on1. The van der Waals surface area contributed by atoms with E-state index in [2.05, 4.69) is 29.4 Å². The molecule has 2 aliphatic heterocycles. The zero-order valence-corrected chi connectivity index (χ0v) is 19.1. The summed E-state index contributed by atoms with van der Waals surface area (Å²) in [5.74, 6) is 0.774. The molecule has 1 spiro atoms. The van der Waals surface area contributed by atoms with Crippen LogP contribution in [0.4, 0.5) is 0 Å². The highest BCUT2D eigenvalue weighted by atomic mass is 35.5. The quantitative estimate of drug-likeness (QED) is 0.415. The summed E-state index contributed by atoms with van der Waals surface area (Å²) in [5, 5.41) is 5.50. The number of rotatable bonds is 3. The van der Waals surface area contributed by atoms with E-state index in [0.717, 1.165) is 35.2 Å². The summed E-state index contributed by atoms with van der Waals surface area (Å²) in [6.07, 6.45) is 3.52. The van der Waals surface area contributed by atoms with E-state index in [4.69, 9.17) is 20.9 Å². The molecule has 6 rings (SSSR count). The predicted octanol–water partition coefficient (Wildman–Crippen LogP) is 5.30. The molecule has 0 aliphatic carbocycles. The first-order valence-electron chi connectivity index (χ1n) is 11.2. The van der Waals surface area contributed by atoms with Gasteiger partial charge in [-0.2, -0.15) is 0 Å². The molecule has 0 unspecified atom stereocenters. The first kappa shape index (κ1) is 20.5. The zero-order valence-electron chi connectivity index (χ0n) is 18.4. The maximum atomic E-state index is 13.6. The highest BCUT2D eigenvalue weighted by molar-refractivity contribution is 6.31. The number of fused-ring (bicyclic) bond motifs is 3. The summed E-state index contributed by atoms with van der Waals surface area (Å²) in [4.78, 5) is 15.6.